The molecule has 2 aromatic rings. The molecule has 0 aliphatic heterocycles. The number of carboxylic acid groups (broad SMARTS) is 1. The van der Waals surface area contributed by atoms with Crippen LogP contribution in [0.15, 0.2) is 24.3 Å². The number of hydrogen-bond donors (Lipinski definition) is 2. The molecule has 2 rings (SSSR count). The second-order valence-electron chi connectivity index (χ2n) is 3.24. The summed E-state index contributed by atoms with van der Waals surface area (Å²) in [4.78, 5) is 20.6. The van der Waals surface area contributed by atoms with Crippen LogP contribution < -0.4 is 0 Å². The van der Waals surface area contributed by atoms with Gasteiger partial charge in [-0.3, -0.25) is 15.2 Å². The van der Waals surface area contributed by atoms with Crippen molar-refractivity contribution in [3.8, 4) is 0 Å². The second kappa shape index (κ2) is 4.05. The highest BCUT2D eigenvalue weighted by atomic mass is 16.6. The smallest absolute Gasteiger partial charge is 0.328 e. The predicted molar refractivity (Wildman–Crippen MR) is 59.4 cm³/mol. The number of aromatic nitrogens is 2. The monoisotopic (exact) mass is 233 g/mol. The lowest BCUT2D eigenvalue weighted by atomic mass is 10.2. The Labute approximate surface area is 94.5 Å². The van der Waals surface area contributed by atoms with E-state index in [0.717, 1.165) is 6.08 Å². The second-order valence-corrected chi connectivity index (χ2v) is 3.24. The first-order chi connectivity index (χ1) is 8.09. The molecular weight excluding hydrogens is 226 g/mol. The van der Waals surface area contributed by atoms with Crippen LogP contribution in [0.2, 0.25) is 0 Å². The maximum Gasteiger partial charge on any atom is 0.328 e. The summed E-state index contributed by atoms with van der Waals surface area (Å²) in [5, 5.41) is 26.1. The van der Waals surface area contributed by atoms with Gasteiger partial charge in [-0.15, -0.1) is 0 Å². The van der Waals surface area contributed by atoms with Gasteiger partial charge < -0.3 is 5.11 Å². The molecule has 0 fully saturated rings. The molecule has 86 valence electrons. The SMILES string of the molecule is O=C(O)C=Cc1[nH]nc2c([N+](=O)[O-])cccc12. The molecule has 0 aliphatic carbocycles. The summed E-state index contributed by atoms with van der Waals surface area (Å²) in [6.45, 7) is 0. The number of para-hydroxylation sites is 1. The maximum absolute atomic E-state index is 10.7. The minimum Gasteiger partial charge on any atom is -0.478 e. The van der Waals surface area contributed by atoms with E-state index in [4.69, 9.17) is 5.11 Å². The Kier molecular flexibility index (Phi) is 2.57. The number of hydrogen-bond acceptors (Lipinski definition) is 4. The van der Waals surface area contributed by atoms with E-state index in [1.807, 2.05) is 0 Å². The van der Waals surface area contributed by atoms with Gasteiger partial charge in [0.05, 0.1) is 10.6 Å². The molecule has 0 aliphatic rings. The summed E-state index contributed by atoms with van der Waals surface area (Å²) < 4.78 is 0. The Bertz CT molecular complexity index is 630. The molecule has 7 heteroatoms. The van der Waals surface area contributed by atoms with Crippen LogP contribution in [-0.4, -0.2) is 26.2 Å². The minimum absolute atomic E-state index is 0.117. The normalized spacial score (nSPS) is 11.1. The van der Waals surface area contributed by atoms with Gasteiger partial charge in [-0.25, -0.2) is 4.79 Å². The van der Waals surface area contributed by atoms with Gasteiger partial charge in [0.15, 0.2) is 5.52 Å². The summed E-state index contributed by atoms with van der Waals surface area (Å²) in [6, 6.07) is 4.50. The van der Waals surface area contributed by atoms with E-state index in [1.165, 1.54) is 18.2 Å². The van der Waals surface area contributed by atoms with Gasteiger partial charge in [-0.2, -0.15) is 5.10 Å². The number of H-pyrrole nitrogens is 1. The van der Waals surface area contributed by atoms with E-state index >= 15 is 0 Å². The summed E-state index contributed by atoms with van der Waals surface area (Å²) >= 11 is 0. The lowest BCUT2D eigenvalue weighted by molar-refractivity contribution is -0.383. The summed E-state index contributed by atoms with van der Waals surface area (Å²) in [5.74, 6) is -1.10. The third-order valence-corrected chi connectivity index (χ3v) is 2.18. The topological polar surface area (TPSA) is 109 Å². The largest absolute Gasteiger partial charge is 0.478 e. The van der Waals surface area contributed by atoms with Crippen molar-refractivity contribution in [2.45, 2.75) is 0 Å². The molecule has 0 atom stereocenters. The van der Waals surface area contributed by atoms with Gasteiger partial charge in [0, 0.05) is 17.5 Å². The lowest BCUT2D eigenvalue weighted by Gasteiger charge is -1.92. The molecule has 1 aromatic carbocycles. The first kappa shape index (κ1) is 10.8. The zero-order valence-electron chi connectivity index (χ0n) is 8.45. The van der Waals surface area contributed by atoms with Crippen LogP contribution in [-0.2, 0) is 4.79 Å². The molecule has 0 radical (unpaired) electrons. The van der Waals surface area contributed by atoms with Gasteiger partial charge in [0.2, 0.25) is 0 Å². The minimum atomic E-state index is -1.10. The number of benzene rings is 1. The van der Waals surface area contributed by atoms with Crippen molar-refractivity contribution in [3.05, 3.63) is 40.1 Å². The van der Waals surface area contributed by atoms with Crippen molar-refractivity contribution in [2.24, 2.45) is 0 Å². The molecule has 1 aromatic heterocycles. The Balaban J connectivity index is 2.59. The fourth-order valence-corrected chi connectivity index (χ4v) is 1.47. The summed E-state index contributed by atoms with van der Waals surface area (Å²) in [5.41, 5.74) is 0.516. The van der Waals surface area contributed by atoms with Crippen LogP contribution >= 0.6 is 0 Å². The standard InChI is InChI=1S/C10H7N3O4/c14-9(15)5-4-7-6-2-1-3-8(13(16)17)10(6)12-11-7/h1-5H,(H,11,12)(H,14,15). The van der Waals surface area contributed by atoms with Gasteiger partial charge >= 0.3 is 5.97 Å². The number of fused-ring (bicyclic) bond motifs is 1. The van der Waals surface area contributed by atoms with Gasteiger partial charge in [0.1, 0.15) is 0 Å². The molecule has 7 nitrogen and oxygen atoms in total. The molecule has 0 spiro atoms. The molecule has 0 saturated carbocycles. The number of nitrogens with one attached hydrogen (secondary N) is 1. The third kappa shape index (κ3) is 1.98. The van der Waals surface area contributed by atoms with E-state index in [2.05, 4.69) is 10.2 Å². The number of carbonyl (C=O) groups is 1. The number of nitro benzene ring substituents is 1. The van der Waals surface area contributed by atoms with E-state index in [9.17, 15) is 14.9 Å². The van der Waals surface area contributed by atoms with Crippen LogP contribution in [0.1, 0.15) is 5.69 Å². The van der Waals surface area contributed by atoms with Gasteiger partial charge in [-0.1, -0.05) is 12.1 Å². The quantitative estimate of drug-likeness (QED) is 0.475. The highest BCUT2D eigenvalue weighted by molar-refractivity contribution is 5.95. The summed E-state index contributed by atoms with van der Waals surface area (Å²) in [7, 11) is 0. The molecule has 0 amide bonds. The fourth-order valence-electron chi connectivity index (χ4n) is 1.47. The van der Waals surface area contributed by atoms with Crippen LogP contribution in [0.4, 0.5) is 5.69 Å². The van der Waals surface area contributed by atoms with Gasteiger partial charge in [-0.05, 0) is 6.08 Å². The maximum atomic E-state index is 10.7. The summed E-state index contributed by atoms with van der Waals surface area (Å²) in [6.07, 6.45) is 2.24. The van der Waals surface area contributed by atoms with Crippen LogP contribution in [0.3, 0.4) is 0 Å². The highest BCUT2D eigenvalue weighted by Gasteiger charge is 2.15. The fraction of sp³-hybridized carbons (Fsp3) is 0. The number of nitrogens with zero attached hydrogens (tertiary/aromatic N) is 2. The molecular formula is C10H7N3O4. The lowest BCUT2D eigenvalue weighted by Crippen LogP contribution is -1.88. The van der Waals surface area contributed by atoms with Crippen molar-refractivity contribution < 1.29 is 14.8 Å². The van der Waals surface area contributed by atoms with Crippen molar-refractivity contribution >= 4 is 28.6 Å². The average Bonchev–Trinajstić information content (AvgIpc) is 2.68. The van der Waals surface area contributed by atoms with E-state index < -0.39 is 10.9 Å². The Morgan fingerprint density at radius 3 is 2.94 bits per heavy atom. The van der Waals surface area contributed by atoms with Crippen molar-refractivity contribution in [1.82, 2.24) is 10.2 Å². The van der Waals surface area contributed by atoms with Crippen LogP contribution in [0, 0.1) is 10.1 Å². The average molecular weight is 233 g/mol. The van der Waals surface area contributed by atoms with E-state index in [0.29, 0.717) is 11.1 Å². The molecule has 0 unspecified atom stereocenters. The molecule has 0 saturated heterocycles. The highest BCUT2D eigenvalue weighted by Crippen LogP contribution is 2.25. The number of aromatic amines is 1. The number of aliphatic carboxylic acids is 1. The van der Waals surface area contributed by atoms with E-state index in [-0.39, 0.29) is 11.2 Å². The number of non-ortho nitro benzene ring substituents is 1. The zero-order chi connectivity index (χ0) is 12.4. The predicted octanol–water partition coefficient (Wildman–Crippen LogP) is 1.57. The van der Waals surface area contributed by atoms with Crippen molar-refractivity contribution in [2.75, 3.05) is 0 Å². The Morgan fingerprint density at radius 2 is 2.29 bits per heavy atom. The molecule has 0 bridgehead atoms. The van der Waals surface area contributed by atoms with E-state index in [1.54, 1.807) is 6.07 Å². The number of nitro groups is 1. The van der Waals surface area contributed by atoms with Crippen molar-refractivity contribution in [3.63, 3.8) is 0 Å². The first-order valence-corrected chi connectivity index (χ1v) is 4.62. The van der Waals surface area contributed by atoms with Crippen molar-refractivity contribution in [1.29, 1.82) is 0 Å². The zero-order valence-corrected chi connectivity index (χ0v) is 8.45. The van der Waals surface area contributed by atoms with Gasteiger partial charge in [0.25, 0.3) is 5.69 Å². The number of rotatable bonds is 3. The third-order valence-electron chi connectivity index (χ3n) is 2.18. The number of carboxylic acids is 1. The molecule has 1 heterocycles. The Hall–Kier alpha value is -2.70. The van der Waals surface area contributed by atoms with Crippen LogP contribution in [0.25, 0.3) is 17.0 Å². The first-order valence-electron chi connectivity index (χ1n) is 4.62. The molecule has 2 N–H and O–H groups in total. The Morgan fingerprint density at radius 1 is 1.53 bits per heavy atom. The van der Waals surface area contributed by atoms with Crippen LogP contribution in [0.5, 0.6) is 0 Å². The molecule has 17 heavy (non-hydrogen) atoms.